The van der Waals surface area contributed by atoms with Gasteiger partial charge < -0.3 is 15.4 Å². The molecule has 0 saturated heterocycles. The molecule has 2 unspecified atom stereocenters. The largest absolute Gasteiger partial charge is 0.383 e. The monoisotopic (exact) mass is 287 g/mol. The molecule has 20 heavy (non-hydrogen) atoms. The van der Waals surface area contributed by atoms with Gasteiger partial charge in [0.25, 0.3) is 0 Å². The van der Waals surface area contributed by atoms with Crippen LogP contribution in [-0.2, 0) is 14.3 Å². The topological polar surface area (TPSA) is 79.5 Å². The fourth-order valence-corrected chi connectivity index (χ4v) is 1.70. The molecule has 0 spiro atoms. The van der Waals surface area contributed by atoms with Crippen LogP contribution in [0.3, 0.4) is 0 Å². The predicted molar refractivity (Wildman–Crippen MR) is 79.5 cm³/mol. The van der Waals surface area contributed by atoms with Crippen LogP contribution in [0.15, 0.2) is 0 Å². The molecule has 0 radical (unpaired) electrons. The van der Waals surface area contributed by atoms with Gasteiger partial charge in [-0.15, -0.1) is 0 Å². The molecule has 118 valence electrons. The van der Waals surface area contributed by atoms with E-state index in [1.165, 1.54) is 0 Å². The molecule has 0 aliphatic carbocycles. The number of unbranched alkanes of at least 4 members (excludes halogenated alkanes) is 2. The maximum absolute atomic E-state index is 11.8. The molecule has 2 amide bonds. The first-order valence-corrected chi connectivity index (χ1v) is 7.33. The quantitative estimate of drug-likeness (QED) is 0.481. The van der Waals surface area contributed by atoms with E-state index in [-0.39, 0.29) is 17.9 Å². The average Bonchev–Trinajstić information content (AvgIpc) is 2.43. The molecule has 0 aliphatic rings. The van der Waals surface area contributed by atoms with E-state index in [9.17, 15) is 9.59 Å². The van der Waals surface area contributed by atoms with Gasteiger partial charge in [0.05, 0.1) is 18.7 Å². The number of nitrogens with one attached hydrogen (secondary N) is 3. The Labute approximate surface area is 122 Å². The molecule has 2 atom stereocenters. The van der Waals surface area contributed by atoms with E-state index < -0.39 is 6.04 Å². The van der Waals surface area contributed by atoms with Crippen molar-refractivity contribution < 1.29 is 14.3 Å². The second-order valence-corrected chi connectivity index (χ2v) is 4.89. The van der Waals surface area contributed by atoms with Crippen LogP contribution in [0, 0.1) is 0 Å². The Kier molecular flexibility index (Phi) is 11.0. The lowest BCUT2D eigenvalue weighted by Crippen LogP contribution is -2.51. The lowest BCUT2D eigenvalue weighted by molar-refractivity contribution is -0.125. The van der Waals surface area contributed by atoms with Crippen molar-refractivity contribution in [2.45, 2.75) is 52.1 Å². The van der Waals surface area contributed by atoms with Gasteiger partial charge in [0.15, 0.2) is 0 Å². The van der Waals surface area contributed by atoms with Gasteiger partial charge in [-0.05, 0) is 20.3 Å². The zero-order valence-electron chi connectivity index (χ0n) is 13.1. The van der Waals surface area contributed by atoms with Gasteiger partial charge in [0.1, 0.15) is 0 Å². The van der Waals surface area contributed by atoms with Crippen molar-refractivity contribution in [3.63, 3.8) is 0 Å². The van der Waals surface area contributed by atoms with Gasteiger partial charge in [0.2, 0.25) is 11.8 Å². The average molecular weight is 287 g/mol. The molecular weight excluding hydrogens is 258 g/mol. The van der Waals surface area contributed by atoms with E-state index in [2.05, 4.69) is 22.9 Å². The Balaban J connectivity index is 3.89. The third-order valence-corrected chi connectivity index (χ3v) is 2.97. The van der Waals surface area contributed by atoms with E-state index in [0.717, 1.165) is 19.3 Å². The summed E-state index contributed by atoms with van der Waals surface area (Å²) in [6.07, 6.45) is 3.23. The summed E-state index contributed by atoms with van der Waals surface area (Å²) in [7, 11) is 1.58. The van der Waals surface area contributed by atoms with E-state index >= 15 is 0 Å². The highest BCUT2D eigenvalue weighted by Crippen LogP contribution is 1.93. The number of ether oxygens (including phenoxy) is 1. The van der Waals surface area contributed by atoms with Crippen molar-refractivity contribution in [1.29, 1.82) is 0 Å². The maximum atomic E-state index is 11.8. The molecule has 0 rings (SSSR count). The Bertz CT molecular complexity index is 285. The van der Waals surface area contributed by atoms with Gasteiger partial charge in [-0.3, -0.25) is 14.9 Å². The molecule has 0 fully saturated rings. The Hall–Kier alpha value is -1.14. The first-order valence-electron chi connectivity index (χ1n) is 7.33. The van der Waals surface area contributed by atoms with Crippen LogP contribution in [0.5, 0.6) is 0 Å². The molecule has 0 aromatic carbocycles. The highest BCUT2D eigenvalue weighted by Gasteiger charge is 2.19. The predicted octanol–water partition coefficient (Wildman–Crippen LogP) is 0.422. The standard InChI is InChI=1S/C14H29N3O3/c1-5-6-7-8-15-13(18)11(2)17-12(3)14(19)16-9-10-20-4/h11-12,17H,5-10H2,1-4H3,(H,15,18)(H,16,19). The number of hydrogen-bond donors (Lipinski definition) is 3. The number of hydrogen-bond acceptors (Lipinski definition) is 4. The smallest absolute Gasteiger partial charge is 0.236 e. The molecule has 0 aromatic heterocycles. The minimum absolute atomic E-state index is 0.0716. The molecule has 0 aromatic rings. The van der Waals surface area contributed by atoms with Crippen molar-refractivity contribution in [2.75, 3.05) is 26.8 Å². The Morgan fingerprint density at radius 1 is 1.00 bits per heavy atom. The van der Waals surface area contributed by atoms with E-state index in [1.807, 2.05) is 0 Å². The van der Waals surface area contributed by atoms with Crippen LogP contribution < -0.4 is 16.0 Å². The zero-order chi connectivity index (χ0) is 15.4. The summed E-state index contributed by atoms with van der Waals surface area (Å²) in [4.78, 5) is 23.5. The van der Waals surface area contributed by atoms with Gasteiger partial charge in [-0.1, -0.05) is 19.8 Å². The molecule has 3 N–H and O–H groups in total. The normalized spacial score (nSPS) is 13.6. The van der Waals surface area contributed by atoms with Gasteiger partial charge >= 0.3 is 0 Å². The fourth-order valence-electron chi connectivity index (χ4n) is 1.70. The van der Waals surface area contributed by atoms with Gasteiger partial charge in [0, 0.05) is 20.2 Å². The Morgan fingerprint density at radius 2 is 1.55 bits per heavy atom. The summed E-state index contributed by atoms with van der Waals surface area (Å²) in [6, 6.07) is -0.803. The van der Waals surface area contributed by atoms with E-state index in [1.54, 1.807) is 21.0 Å². The highest BCUT2D eigenvalue weighted by atomic mass is 16.5. The molecule has 0 aliphatic heterocycles. The van der Waals surface area contributed by atoms with Crippen molar-refractivity contribution in [1.82, 2.24) is 16.0 Å². The van der Waals surface area contributed by atoms with Crippen LogP contribution in [0.1, 0.15) is 40.0 Å². The molecule has 6 heteroatoms. The minimum Gasteiger partial charge on any atom is -0.383 e. The summed E-state index contributed by atoms with van der Waals surface area (Å²) in [5.41, 5.74) is 0. The van der Waals surface area contributed by atoms with Crippen LogP contribution in [-0.4, -0.2) is 50.7 Å². The molecule has 0 heterocycles. The number of carbonyl (C=O) groups is 2. The molecule has 0 bridgehead atoms. The summed E-state index contributed by atoms with van der Waals surface area (Å²) in [5.74, 6) is -0.203. The van der Waals surface area contributed by atoms with Crippen LogP contribution in [0.25, 0.3) is 0 Å². The zero-order valence-corrected chi connectivity index (χ0v) is 13.1. The van der Waals surface area contributed by atoms with Gasteiger partial charge in [-0.25, -0.2) is 0 Å². The van der Waals surface area contributed by atoms with Crippen LogP contribution in [0.2, 0.25) is 0 Å². The number of amides is 2. The third kappa shape index (κ3) is 8.87. The third-order valence-electron chi connectivity index (χ3n) is 2.97. The lowest BCUT2D eigenvalue weighted by Gasteiger charge is -2.19. The van der Waals surface area contributed by atoms with E-state index in [4.69, 9.17) is 4.74 Å². The van der Waals surface area contributed by atoms with Crippen molar-refractivity contribution >= 4 is 11.8 Å². The number of rotatable bonds is 11. The summed E-state index contributed by atoms with van der Waals surface area (Å²) >= 11 is 0. The minimum atomic E-state index is -0.414. The summed E-state index contributed by atoms with van der Waals surface area (Å²) in [5, 5.41) is 8.57. The summed E-state index contributed by atoms with van der Waals surface area (Å²) in [6.45, 7) is 7.25. The van der Waals surface area contributed by atoms with Crippen molar-refractivity contribution in [3.8, 4) is 0 Å². The highest BCUT2D eigenvalue weighted by molar-refractivity contribution is 5.84. The van der Waals surface area contributed by atoms with Crippen molar-refractivity contribution in [3.05, 3.63) is 0 Å². The summed E-state index contributed by atoms with van der Waals surface area (Å²) < 4.78 is 4.86. The lowest BCUT2D eigenvalue weighted by atomic mass is 10.2. The van der Waals surface area contributed by atoms with Crippen LogP contribution in [0.4, 0.5) is 0 Å². The van der Waals surface area contributed by atoms with Crippen LogP contribution >= 0.6 is 0 Å². The van der Waals surface area contributed by atoms with Crippen molar-refractivity contribution in [2.24, 2.45) is 0 Å². The SMILES string of the molecule is CCCCCNC(=O)C(C)NC(C)C(=O)NCCOC. The molecular formula is C14H29N3O3. The number of carbonyl (C=O) groups excluding carboxylic acids is 2. The first-order chi connectivity index (χ1) is 9.52. The first kappa shape index (κ1) is 18.9. The fraction of sp³-hybridized carbons (Fsp3) is 0.857. The second-order valence-electron chi connectivity index (χ2n) is 4.89. The maximum Gasteiger partial charge on any atom is 0.236 e. The second kappa shape index (κ2) is 11.7. The van der Waals surface area contributed by atoms with E-state index in [0.29, 0.717) is 19.7 Å². The molecule has 6 nitrogen and oxygen atoms in total. The number of methoxy groups -OCH3 is 1. The van der Waals surface area contributed by atoms with Gasteiger partial charge in [-0.2, -0.15) is 0 Å². The Morgan fingerprint density at radius 3 is 2.05 bits per heavy atom. The molecule has 0 saturated carbocycles.